The van der Waals surface area contributed by atoms with Crippen molar-refractivity contribution in [3.63, 3.8) is 0 Å². The SMILES string of the molecule is COc1ccc(CC(=O)Nc2nc3n(n2)[C@H](c2ccccc2Cl)C[C@H](c2ccc(Cl)cc2)N3)cc1OC. The van der Waals surface area contributed by atoms with Crippen LogP contribution in [0.15, 0.2) is 66.7 Å². The van der Waals surface area contributed by atoms with Gasteiger partial charge < -0.3 is 14.8 Å². The van der Waals surface area contributed by atoms with E-state index in [1.807, 2.05) is 54.6 Å². The molecule has 0 unspecified atom stereocenters. The summed E-state index contributed by atoms with van der Waals surface area (Å²) in [7, 11) is 3.12. The number of nitrogens with one attached hydrogen (secondary N) is 2. The van der Waals surface area contributed by atoms with E-state index in [0.717, 1.165) is 16.7 Å². The Balaban J connectivity index is 1.41. The van der Waals surface area contributed by atoms with Gasteiger partial charge >= 0.3 is 0 Å². The zero-order valence-corrected chi connectivity index (χ0v) is 21.8. The Morgan fingerprint density at radius 2 is 1.81 bits per heavy atom. The molecule has 1 aromatic heterocycles. The van der Waals surface area contributed by atoms with Crippen molar-refractivity contribution in [3.05, 3.63) is 93.5 Å². The Morgan fingerprint density at radius 1 is 1.05 bits per heavy atom. The van der Waals surface area contributed by atoms with Gasteiger partial charge in [-0.05, 0) is 53.4 Å². The third-order valence-electron chi connectivity index (χ3n) is 6.29. The van der Waals surface area contributed by atoms with Gasteiger partial charge in [-0.1, -0.05) is 59.6 Å². The maximum absolute atomic E-state index is 12.8. The van der Waals surface area contributed by atoms with Gasteiger partial charge in [0.15, 0.2) is 11.5 Å². The number of carbonyl (C=O) groups is 1. The fourth-order valence-corrected chi connectivity index (χ4v) is 4.88. The zero-order chi connectivity index (χ0) is 25.9. The van der Waals surface area contributed by atoms with Gasteiger partial charge in [-0.15, -0.1) is 5.10 Å². The molecule has 1 aliphatic heterocycles. The third-order valence-corrected chi connectivity index (χ3v) is 6.89. The van der Waals surface area contributed by atoms with E-state index in [1.54, 1.807) is 31.0 Å². The lowest BCUT2D eigenvalue weighted by atomic mass is 9.93. The van der Waals surface area contributed by atoms with Gasteiger partial charge in [0.05, 0.1) is 32.7 Å². The second-order valence-electron chi connectivity index (χ2n) is 8.64. The first-order chi connectivity index (χ1) is 17.9. The normalized spacial score (nSPS) is 16.4. The van der Waals surface area contributed by atoms with Crippen LogP contribution in [0.5, 0.6) is 11.5 Å². The number of hydrogen-bond acceptors (Lipinski definition) is 6. The van der Waals surface area contributed by atoms with Crippen LogP contribution in [0.1, 0.15) is 35.2 Å². The first-order valence-corrected chi connectivity index (χ1v) is 12.4. The summed E-state index contributed by atoms with van der Waals surface area (Å²) in [4.78, 5) is 17.4. The minimum atomic E-state index is -0.251. The molecule has 190 valence electrons. The number of hydrogen-bond donors (Lipinski definition) is 2. The lowest BCUT2D eigenvalue weighted by molar-refractivity contribution is -0.115. The molecule has 2 N–H and O–H groups in total. The van der Waals surface area contributed by atoms with Gasteiger partial charge in [-0.2, -0.15) is 4.98 Å². The summed E-state index contributed by atoms with van der Waals surface area (Å²) in [5.41, 5.74) is 2.77. The highest BCUT2D eigenvalue weighted by molar-refractivity contribution is 6.31. The highest BCUT2D eigenvalue weighted by atomic mass is 35.5. The number of amides is 1. The van der Waals surface area contributed by atoms with Crippen LogP contribution in [0.4, 0.5) is 11.9 Å². The molecule has 4 aromatic rings. The lowest BCUT2D eigenvalue weighted by Gasteiger charge is -2.32. The summed E-state index contributed by atoms with van der Waals surface area (Å²) in [6, 6.07) is 20.5. The van der Waals surface area contributed by atoms with E-state index in [-0.39, 0.29) is 30.4 Å². The Hall–Kier alpha value is -3.75. The first kappa shape index (κ1) is 24.9. The number of carbonyl (C=O) groups excluding carboxylic acids is 1. The van der Waals surface area contributed by atoms with Gasteiger partial charge in [0.2, 0.25) is 11.9 Å². The summed E-state index contributed by atoms with van der Waals surface area (Å²) in [6.45, 7) is 0. The maximum Gasteiger partial charge on any atom is 0.250 e. The largest absolute Gasteiger partial charge is 0.493 e. The number of fused-ring (bicyclic) bond motifs is 1. The average molecular weight is 538 g/mol. The van der Waals surface area contributed by atoms with E-state index in [0.29, 0.717) is 33.9 Å². The smallest absolute Gasteiger partial charge is 0.250 e. The highest BCUT2D eigenvalue weighted by Crippen LogP contribution is 2.40. The van der Waals surface area contributed by atoms with Gasteiger partial charge in [0, 0.05) is 10.0 Å². The number of anilines is 2. The van der Waals surface area contributed by atoms with Crippen LogP contribution in [0.2, 0.25) is 10.0 Å². The molecule has 37 heavy (non-hydrogen) atoms. The molecule has 0 saturated heterocycles. The van der Waals surface area contributed by atoms with Crippen molar-refractivity contribution in [2.75, 3.05) is 24.9 Å². The molecule has 0 fully saturated rings. The molecule has 0 radical (unpaired) electrons. The van der Waals surface area contributed by atoms with Crippen LogP contribution in [0.3, 0.4) is 0 Å². The average Bonchev–Trinajstić information content (AvgIpc) is 3.31. The van der Waals surface area contributed by atoms with Crippen LogP contribution in [-0.2, 0) is 11.2 Å². The standard InChI is InChI=1S/C27H25Cl2N5O3/c1-36-23-12-7-16(13-24(23)37-2)14-25(35)31-26-32-27-30-21(17-8-10-18(28)11-9-17)15-22(34(27)33-26)19-5-3-4-6-20(19)29/h3-13,21-22H,14-15H2,1-2H3,(H2,30,31,32,33,35)/t21-,22+/m1/s1. The van der Waals surface area contributed by atoms with E-state index in [9.17, 15) is 4.79 Å². The summed E-state index contributed by atoms with van der Waals surface area (Å²) in [5.74, 6) is 1.66. The molecule has 8 nitrogen and oxygen atoms in total. The molecule has 0 aliphatic carbocycles. The number of methoxy groups -OCH3 is 2. The van der Waals surface area contributed by atoms with E-state index in [2.05, 4.69) is 20.7 Å². The molecule has 10 heteroatoms. The van der Waals surface area contributed by atoms with Crippen molar-refractivity contribution >= 4 is 41.0 Å². The van der Waals surface area contributed by atoms with Crippen LogP contribution in [0.25, 0.3) is 0 Å². The minimum Gasteiger partial charge on any atom is -0.493 e. The number of halogens is 2. The number of nitrogens with zero attached hydrogens (tertiary/aromatic N) is 3. The Bertz CT molecular complexity index is 1420. The Morgan fingerprint density at radius 3 is 2.54 bits per heavy atom. The molecule has 3 aromatic carbocycles. The molecule has 2 atom stereocenters. The number of ether oxygens (including phenoxy) is 2. The predicted octanol–water partition coefficient (Wildman–Crippen LogP) is 5.93. The summed E-state index contributed by atoms with van der Waals surface area (Å²) in [5, 5.41) is 12.2. The first-order valence-electron chi connectivity index (χ1n) is 11.7. The van der Waals surface area contributed by atoms with E-state index in [1.165, 1.54) is 0 Å². The Kier molecular flexibility index (Phi) is 7.21. The van der Waals surface area contributed by atoms with Crippen LogP contribution < -0.4 is 20.1 Å². The van der Waals surface area contributed by atoms with Crippen LogP contribution in [-0.4, -0.2) is 34.9 Å². The topological polar surface area (TPSA) is 90.3 Å². The van der Waals surface area contributed by atoms with E-state index < -0.39 is 0 Å². The van der Waals surface area contributed by atoms with Gasteiger partial charge in [-0.25, -0.2) is 4.68 Å². The highest BCUT2D eigenvalue weighted by Gasteiger charge is 2.32. The predicted molar refractivity (Wildman–Crippen MR) is 144 cm³/mol. The van der Waals surface area contributed by atoms with Gasteiger partial charge in [-0.3, -0.25) is 10.1 Å². The molecule has 0 bridgehead atoms. The van der Waals surface area contributed by atoms with Gasteiger partial charge in [0.1, 0.15) is 0 Å². The van der Waals surface area contributed by atoms with Crippen molar-refractivity contribution in [2.45, 2.75) is 24.9 Å². The lowest BCUT2D eigenvalue weighted by Crippen LogP contribution is -2.28. The summed E-state index contributed by atoms with van der Waals surface area (Å²) < 4.78 is 12.4. The zero-order valence-electron chi connectivity index (χ0n) is 20.2. The molecule has 0 saturated carbocycles. The van der Waals surface area contributed by atoms with Crippen molar-refractivity contribution in [2.24, 2.45) is 0 Å². The van der Waals surface area contributed by atoms with E-state index in [4.69, 9.17) is 32.7 Å². The van der Waals surface area contributed by atoms with Crippen LogP contribution in [0, 0.1) is 0 Å². The van der Waals surface area contributed by atoms with Crippen molar-refractivity contribution in [3.8, 4) is 11.5 Å². The van der Waals surface area contributed by atoms with Crippen LogP contribution >= 0.6 is 23.2 Å². The summed E-state index contributed by atoms with van der Waals surface area (Å²) in [6.07, 6.45) is 0.805. The molecule has 2 heterocycles. The van der Waals surface area contributed by atoms with Gasteiger partial charge in [0.25, 0.3) is 5.95 Å². The molecular formula is C27H25Cl2N5O3. The summed E-state index contributed by atoms with van der Waals surface area (Å²) >= 11 is 12.7. The monoisotopic (exact) mass is 537 g/mol. The van der Waals surface area contributed by atoms with Crippen molar-refractivity contribution in [1.82, 2.24) is 14.8 Å². The molecule has 1 amide bonds. The molecule has 5 rings (SSSR count). The molecule has 0 spiro atoms. The second-order valence-corrected chi connectivity index (χ2v) is 9.48. The minimum absolute atomic E-state index is 0.0504. The number of aromatic nitrogens is 3. The maximum atomic E-state index is 12.8. The second kappa shape index (κ2) is 10.7. The van der Waals surface area contributed by atoms with E-state index >= 15 is 0 Å². The molecule has 1 aliphatic rings. The fourth-order valence-electron chi connectivity index (χ4n) is 4.49. The quantitative estimate of drug-likeness (QED) is 0.303. The van der Waals surface area contributed by atoms with Crippen molar-refractivity contribution in [1.29, 1.82) is 0 Å². The van der Waals surface area contributed by atoms with Crippen molar-refractivity contribution < 1.29 is 14.3 Å². The fraction of sp³-hybridized carbons (Fsp3) is 0.222. The Labute approximate surface area is 224 Å². The number of benzene rings is 3. The molecular weight excluding hydrogens is 513 g/mol. The number of rotatable bonds is 7. The third kappa shape index (κ3) is 5.35.